The fourth-order valence-corrected chi connectivity index (χ4v) is 6.48. The van der Waals surface area contributed by atoms with Crippen molar-refractivity contribution in [1.29, 1.82) is 0 Å². The second kappa shape index (κ2) is 4.19. The molecule has 0 bridgehead atoms. The minimum atomic E-state index is 0.246. The highest BCUT2D eigenvalue weighted by atomic mass is 79.9. The van der Waals surface area contributed by atoms with Crippen LogP contribution in [0.1, 0.15) is 37.8 Å². The SMILES string of the molecule is CCC1(CC)c2cc(Br)sc2-c2sc(Br)cc21. The molecular weight excluding hydrogens is 380 g/mol. The highest BCUT2D eigenvalue weighted by Gasteiger charge is 2.43. The van der Waals surface area contributed by atoms with Gasteiger partial charge in [-0.05, 0) is 68.0 Å². The number of hydrogen-bond acceptors (Lipinski definition) is 2. The van der Waals surface area contributed by atoms with E-state index < -0.39 is 0 Å². The van der Waals surface area contributed by atoms with Gasteiger partial charge in [-0.1, -0.05) is 13.8 Å². The minimum absolute atomic E-state index is 0.246. The Labute approximate surface area is 126 Å². The molecule has 1 aliphatic carbocycles. The standard InChI is InChI=1S/C13H12Br2S2/c1-3-13(4-2)7-5-9(14)16-11(7)12-8(13)6-10(15)17-12/h5-6H,3-4H2,1-2H3. The van der Waals surface area contributed by atoms with Crippen LogP contribution in [0.5, 0.6) is 0 Å². The van der Waals surface area contributed by atoms with Gasteiger partial charge < -0.3 is 0 Å². The van der Waals surface area contributed by atoms with Crippen molar-refractivity contribution in [2.24, 2.45) is 0 Å². The summed E-state index contributed by atoms with van der Waals surface area (Å²) in [5.41, 5.74) is 3.32. The average Bonchev–Trinajstić information content (AvgIpc) is 2.90. The summed E-state index contributed by atoms with van der Waals surface area (Å²) < 4.78 is 2.51. The van der Waals surface area contributed by atoms with Crippen molar-refractivity contribution in [3.8, 4) is 9.75 Å². The fourth-order valence-electron chi connectivity index (χ4n) is 2.93. The summed E-state index contributed by atoms with van der Waals surface area (Å²) in [7, 11) is 0. The molecule has 90 valence electrons. The zero-order chi connectivity index (χ0) is 12.2. The van der Waals surface area contributed by atoms with Crippen LogP contribution in [0.4, 0.5) is 0 Å². The number of hydrogen-bond donors (Lipinski definition) is 0. The van der Waals surface area contributed by atoms with Crippen LogP contribution in [-0.2, 0) is 5.41 Å². The highest BCUT2D eigenvalue weighted by molar-refractivity contribution is 9.11. The van der Waals surface area contributed by atoms with E-state index in [1.807, 2.05) is 22.7 Å². The highest BCUT2D eigenvalue weighted by Crippen LogP contribution is 2.59. The van der Waals surface area contributed by atoms with E-state index in [1.54, 1.807) is 0 Å². The van der Waals surface area contributed by atoms with E-state index in [4.69, 9.17) is 0 Å². The Bertz CT molecular complexity index is 528. The van der Waals surface area contributed by atoms with Crippen molar-refractivity contribution >= 4 is 54.5 Å². The molecule has 2 heterocycles. The second-order valence-corrected chi connectivity index (χ2v) is 9.24. The first-order valence-electron chi connectivity index (χ1n) is 5.72. The van der Waals surface area contributed by atoms with Crippen LogP contribution in [0.15, 0.2) is 19.7 Å². The van der Waals surface area contributed by atoms with Gasteiger partial charge in [-0.3, -0.25) is 0 Å². The smallest absolute Gasteiger partial charge is 0.0708 e. The molecule has 0 spiro atoms. The molecular formula is C13H12Br2S2. The van der Waals surface area contributed by atoms with E-state index >= 15 is 0 Å². The third-order valence-corrected chi connectivity index (χ3v) is 7.29. The molecule has 2 aromatic rings. The lowest BCUT2D eigenvalue weighted by Gasteiger charge is -2.27. The Morgan fingerprint density at radius 1 is 0.941 bits per heavy atom. The summed E-state index contributed by atoms with van der Waals surface area (Å²) in [6, 6.07) is 4.65. The van der Waals surface area contributed by atoms with Crippen molar-refractivity contribution in [2.45, 2.75) is 32.1 Å². The first kappa shape index (κ1) is 12.4. The summed E-state index contributed by atoms with van der Waals surface area (Å²) in [6.45, 7) is 4.61. The molecule has 17 heavy (non-hydrogen) atoms. The van der Waals surface area contributed by atoms with Gasteiger partial charge in [0, 0.05) is 15.2 Å². The van der Waals surface area contributed by atoms with Gasteiger partial charge >= 0.3 is 0 Å². The molecule has 0 N–H and O–H groups in total. The van der Waals surface area contributed by atoms with E-state index in [1.165, 1.54) is 41.3 Å². The molecule has 3 rings (SSSR count). The average molecular weight is 392 g/mol. The Morgan fingerprint density at radius 2 is 1.35 bits per heavy atom. The lowest BCUT2D eigenvalue weighted by Crippen LogP contribution is -2.22. The van der Waals surface area contributed by atoms with Gasteiger partial charge in [0.25, 0.3) is 0 Å². The van der Waals surface area contributed by atoms with Crippen LogP contribution in [0.2, 0.25) is 0 Å². The normalized spacial score (nSPS) is 16.0. The van der Waals surface area contributed by atoms with Gasteiger partial charge in [0.15, 0.2) is 0 Å². The van der Waals surface area contributed by atoms with Gasteiger partial charge in [-0.2, -0.15) is 0 Å². The molecule has 1 aliphatic rings. The summed E-state index contributed by atoms with van der Waals surface area (Å²) in [4.78, 5) is 2.96. The largest absolute Gasteiger partial charge is 0.127 e. The first-order chi connectivity index (χ1) is 8.12. The van der Waals surface area contributed by atoms with Crippen LogP contribution in [0.3, 0.4) is 0 Å². The molecule has 0 aromatic carbocycles. The summed E-state index contributed by atoms with van der Waals surface area (Å²) in [5, 5.41) is 0. The Kier molecular flexibility index (Phi) is 3.05. The maximum atomic E-state index is 3.64. The summed E-state index contributed by atoms with van der Waals surface area (Å²) in [6.07, 6.45) is 2.35. The van der Waals surface area contributed by atoms with Crippen molar-refractivity contribution in [2.75, 3.05) is 0 Å². The number of fused-ring (bicyclic) bond motifs is 3. The molecule has 0 nitrogen and oxygen atoms in total. The fraction of sp³-hybridized carbons (Fsp3) is 0.385. The van der Waals surface area contributed by atoms with Gasteiger partial charge in [-0.15, -0.1) is 22.7 Å². The first-order valence-corrected chi connectivity index (χ1v) is 8.94. The van der Waals surface area contributed by atoms with Gasteiger partial charge in [-0.25, -0.2) is 0 Å². The molecule has 0 saturated heterocycles. The van der Waals surface area contributed by atoms with Crippen LogP contribution in [0, 0.1) is 0 Å². The topological polar surface area (TPSA) is 0 Å². The molecule has 4 heteroatoms. The van der Waals surface area contributed by atoms with Crippen LogP contribution >= 0.6 is 54.5 Å². The number of thiophene rings is 2. The Balaban J connectivity index is 2.35. The van der Waals surface area contributed by atoms with E-state index in [2.05, 4.69) is 57.8 Å². The molecule has 0 amide bonds. The predicted octanol–water partition coefficient (Wildman–Crippen LogP) is 6.42. The Hall–Kier alpha value is 0.360. The minimum Gasteiger partial charge on any atom is -0.127 e. The van der Waals surface area contributed by atoms with E-state index in [0.717, 1.165) is 0 Å². The summed E-state index contributed by atoms with van der Waals surface area (Å²) in [5.74, 6) is 0. The Morgan fingerprint density at radius 3 is 1.71 bits per heavy atom. The molecule has 0 radical (unpaired) electrons. The van der Waals surface area contributed by atoms with Crippen molar-refractivity contribution < 1.29 is 0 Å². The lowest BCUT2D eigenvalue weighted by molar-refractivity contribution is 0.492. The molecule has 0 aliphatic heterocycles. The van der Waals surface area contributed by atoms with E-state index in [-0.39, 0.29) is 5.41 Å². The maximum absolute atomic E-state index is 3.64. The second-order valence-electron chi connectivity index (χ2n) is 4.38. The molecule has 0 saturated carbocycles. The molecule has 2 aromatic heterocycles. The summed E-state index contributed by atoms with van der Waals surface area (Å²) >= 11 is 11.0. The zero-order valence-corrected chi connectivity index (χ0v) is 14.4. The van der Waals surface area contributed by atoms with Crippen molar-refractivity contribution in [3.05, 3.63) is 30.8 Å². The third kappa shape index (κ3) is 1.57. The molecule has 0 fully saturated rings. The third-order valence-electron chi connectivity index (χ3n) is 3.85. The zero-order valence-electron chi connectivity index (χ0n) is 9.64. The van der Waals surface area contributed by atoms with Crippen LogP contribution in [0.25, 0.3) is 9.75 Å². The lowest BCUT2D eigenvalue weighted by atomic mass is 9.75. The monoisotopic (exact) mass is 390 g/mol. The van der Waals surface area contributed by atoms with Crippen LogP contribution < -0.4 is 0 Å². The van der Waals surface area contributed by atoms with E-state index in [9.17, 15) is 0 Å². The van der Waals surface area contributed by atoms with Crippen LogP contribution in [-0.4, -0.2) is 0 Å². The molecule has 0 unspecified atom stereocenters. The van der Waals surface area contributed by atoms with Gasteiger partial charge in [0.2, 0.25) is 0 Å². The predicted molar refractivity (Wildman–Crippen MR) is 84.4 cm³/mol. The van der Waals surface area contributed by atoms with Crippen molar-refractivity contribution in [1.82, 2.24) is 0 Å². The quantitative estimate of drug-likeness (QED) is 0.553. The number of rotatable bonds is 2. The number of halogens is 2. The van der Waals surface area contributed by atoms with Gasteiger partial charge in [0.05, 0.1) is 7.57 Å². The molecule has 0 atom stereocenters. The van der Waals surface area contributed by atoms with E-state index in [0.29, 0.717) is 0 Å². The van der Waals surface area contributed by atoms with Gasteiger partial charge in [0.1, 0.15) is 0 Å². The maximum Gasteiger partial charge on any atom is 0.0708 e. The van der Waals surface area contributed by atoms with Crippen molar-refractivity contribution in [3.63, 3.8) is 0 Å².